The Balaban J connectivity index is 1.46. The fourth-order valence-corrected chi connectivity index (χ4v) is 5.87. The highest BCUT2D eigenvalue weighted by molar-refractivity contribution is 7.92. The summed E-state index contributed by atoms with van der Waals surface area (Å²) in [5.74, 6) is -0.468. The molecule has 1 N–H and O–H groups in total. The molecule has 4 rings (SSSR count). The quantitative estimate of drug-likeness (QED) is 0.411. The Morgan fingerprint density at radius 3 is 2.30 bits per heavy atom. The summed E-state index contributed by atoms with van der Waals surface area (Å²) < 4.78 is 33.5. The highest BCUT2D eigenvalue weighted by Crippen LogP contribution is 2.35. The van der Waals surface area contributed by atoms with Crippen molar-refractivity contribution in [1.29, 1.82) is 0 Å². The third-order valence-electron chi connectivity index (χ3n) is 6.12. The van der Waals surface area contributed by atoms with E-state index in [1.165, 1.54) is 23.8 Å². The van der Waals surface area contributed by atoms with E-state index in [0.717, 1.165) is 48.3 Å². The van der Waals surface area contributed by atoms with Gasteiger partial charge in [0, 0.05) is 26.2 Å². The molecule has 10 heteroatoms. The van der Waals surface area contributed by atoms with E-state index in [0.29, 0.717) is 0 Å². The maximum absolute atomic E-state index is 13.6. The van der Waals surface area contributed by atoms with Gasteiger partial charge in [-0.2, -0.15) is 0 Å². The van der Waals surface area contributed by atoms with Gasteiger partial charge < -0.3 is 10.1 Å². The molecule has 0 spiro atoms. The molecule has 1 heterocycles. The highest BCUT2D eigenvalue weighted by atomic mass is 35.5. The predicted molar refractivity (Wildman–Crippen MR) is 147 cm³/mol. The lowest BCUT2D eigenvalue weighted by atomic mass is 10.1. The van der Waals surface area contributed by atoms with Crippen LogP contribution < -0.4 is 9.62 Å². The summed E-state index contributed by atoms with van der Waals surface area (Å²) in [5.41, 5.74) is 3.15. The monoisotopic (exact) mass is 561 g/mol. The molecule has 1 aliphatic rings. The van der Waals surface area contributed by atoms with E-state index in [1.807, 2.05) is 31.2 Å². The molecule has 7 nitrogen and oxygen atoms in total. The van der Waals surface area contributed by atoms with Gasteiger partial charge in [-0.3, -0.25) is 14.0 Å². The number of halogens is 2. The summed E-state index contributed by atoms with van der Waals surface area (Å²) in [7, 11) is -4.09. The van der Waals surface area contributed by atoms with Gasteiger partial charge in [-0.1, -0.05) is 71.2 Å². The topological polar surface area (TPSA) is 79.0 Å². The van der Waals surface area contributed by atoms with E-state index >= 15 is 0 Å². The van der Waals surface area contributed by atoms with Crippen LogP contribution in [-0.2, 0) is 32.6 Å². The standard InChI is InChI=1S/C27H29Cl2N3O4S/c1-20-5-11-23(12-6-20)37(34,35)32(25-4-2-3-24(28)27(25)29)19-26(33)30-17-21-7-9-22(10-8-21)18-31-13-15-36-16-14-31/h2-12H,13-19H2,1H3,(H,30,33). The van der Waals surface area contributed by atoms with Crippen LogP contribution in [0, 0.1) is 6.92 Å². The molecule has 196 valence electrons. The summed E-state index contributed by atoms with van der Waals surface area (Å²) in [5, 5.41) is 3.07. The number of aryl methyl sites for hydroxylation is 1. The van der Waals surface area contributed by atoms with Crippen LogP contribution in [-0.4, -0.2) is 52.1 Å². The number of anilines is 1. The number of rotatable bonds is 9. The molecule has 0 radical (unpaired) electrons. The molecule has 37 heavy (non-hydrogen) atoms. The number of carbonyl (C=O) groups is 1. The molecule has 1 amide bonds. The number of sulfonamides is 1. The lowest BCUT2D eigenvalue weighted by Crippen LogP contribution is -2.40. The average Bonchev–Trinajstić information content (AvgIpc) is 2.89. The Morgan fingerprint density at radius 1 is 0.973 bits per heavy atom. The SMILES string of the molecule is Cc1ccc(S(=O)(=O)N(CC(=O)NCc2ccc(CN3CCOCC3)cc2)c2cccc(Cl)c2Cl)cc1. The lowest BCUT2D eigenvalue weighted by Gasteiger charge is -2.26. The summed E-state index contributed by atoms with van der Waals surface area (Å²) in [6, 6.07) is 19.1. The molecule has 1 aliphatic heterocycles. The molecule has 1 fully saturated rings. The summed E-state index contributed by atoms with van der Waals surface area (Å²) >= 11 is 12.5. The molecule has 3 aromatic carbocycles. The number of hydrogen-bond acceptors (Lipinski definition) is 5. The third-order valence-corrected chi connectivity index (χ3v) is 8.70. The molecule has 0 unspecified atom stereocenters. The van der Waals surface area contributed by atoms with Gasteiger partial charge in [0.1, 0.15) is 6.54 Å². The molecule has 3 aromatic rings. The first-order valence-electron chi connectivity index (χ1n) is 11.9. The van der Waals surface area contributed by atoms with Crippen molar-refractivity contribution in [1.82, 2.24) is 10.2 Å². The van der Waals surface area contributed by atoms with E-state index in [-0.39, 0.29) is 27.2 Å². The zero-order valence-corrected chi connectivity index (χ0v) is 22.8. The van der Waals surface area contributed by atoms with Crippen molar-refractivity contribution in [2.24, 2.45) is 0 Å². The number of hydrogen-bond donors (Lipinski definition) is 1. The zero-order valence-electron chi connectivity index (χ0n) is 20.5. The van der Waals surface area contributed by atoms with E-state index < -0.39 is 22.5 Å². The minimum atomic E-state index is -4.09. The number of nitrogens with one attached hydrogen (secondary N) is 1. The van der Waals surface area contributed by atoms with Gasteiger partial charge in [0.2, 0.25) is 5.91 Å². The minimum absolute atomic E-state index is 0.0535. The first kappa shape index (κ1) is 27.4. The first-order valence-corrected chi connectivity index (χ1v) is 14.1. The summed E-state index contributed by atoms with van der Waals surface area (Å²) in [6.07, 6.45) is 0. The van der Waals surface area contributed by atoms with Gasteiger partial charge in [-0.05, 0) is 42.3 Å². The van der Waals surface area contributed by atoms with Crippen LogP contribution in [0.5, 0.6) is 0 Å². The zero-order chi connectivity index (χ0) is 26.4. The van der Waals surface area contributed by atoms with Crippen molar-refractivity contribution in [2.45, 2.75) is 24.9 Å². The number of morpholine rings is 1. The molecular formula is C27H29Cl2N3O4S. The van der Waals surface area contributed by atoms with Gasteiger partial charge in [-0.15, -0.1) is 0 Å². The number of carbonyl (C=O) groups excluding carboxylic acids is 1. The van der Waals surface area contributed by atoms with Gasteiger partial charge >= 0.3 is 0 Å². The van der Waals surface area contributed by atoms with Crippen molar-refractivity contribution >= 4 is 44.8 Å². The largest absolute Gasteiger partial charge is 0.379 e. The van der Waals surface area contributed by atoms with Crippen molar-refractivity contribution in [2.75, 3.05) is 37.2 Å². The van der Waals surface area contributed by atoms with Gasteiger partial charge in [0.25, 0.3) is 10.0 Å². The van der Waals surface area contributed by atoms with Crippen LogP contribution in [0.25, 0.3) is 0 Å². The van der Waals surface area contributed by atoms with Gasteiger partial charge in [-0.25, -0.2) is 8.42 Å². The molecular weight excluding hydrogens is 533 g/mol. The smallest absolute Gasteiger partial charge is 0.264 e. The Bertz CT molecular complexity index is 1330. The maximum atomic E-state index is 13.6. The second kappa shape index (κ2) is 12.3. The number of benzene rings is 3. The summed E-state index contributed by atoms with van der Waals surface area (Å²) in [4.78, 5) is 15.3. The predicted octanol–water partition coefficient (Wildman–Crippen LogP) is 4.65. The Morgan fingerprint density at radius 2 is 1.62 bits per heavy atom. The van der Waals surface area contributed by atoms with Crippen molar-refractivity contribution in [3.8, 4) is 0 Å². The van der Waals surface area contributed by atoms with Crippen LogP contribution in [0.2, 0.25) is 10.0 Å². The maximum Gasteiger partial charge on any atom is 0.264 e. The molecule has 0 aliphatic carbocycles. The Labute approximate surface area is 228 Å². The molecule has 0 bridgehead atoms. The van der Waals surface area contributed by atoms with Crippen molar-refractivity contribution < 1.29 is 17.9 Å². The number of nitrogens with zero attached hydrogens (tertiary/aromatic N) is 2. The Kier molecular flexibility index (Phi) is 9.10. The first-order chi connectivity index (χ1) is 17.7. The summed E-state index contributed by atoms with van der Waals surface area (Å²) in [6.45, 7) is 5.85. The number of ether oxygens (including phenoxy) is 1. The van der Waals surface area contributed by atoms with Gasteiger partial charge in [0.15, 0.2) is 0 Å². The van der Waals surface area contributed by atoms with Crippen LogP contribution in [0.1, 0.15) is 16.7 Å². The van der Waals surface area contributed by atoms with Crippen LogP contribution in [0.3, 0.4) is 0 Å². The fourth-order valence-electron chi connectivity index (χ4n) is 3.99. The lowest BCUT2D eigenvalue weighted by molar-refractivity contribution is -0.119. The van der Waals surface area contributed by atoms with E-state index in [1.54, 1.807) is 24.3 Å². The molecule has 1 saturated heterocycles. The average molecular weight is 563 g/mol. The Hall–Kier alpha value is -2.62. The van der Waals surface area contributed by atoms with E-state index in [4.69, 9.17) is 27.9 Å². The molecule has 0 aromatic heterocycles. The van der Waals surface area contributed by atoms with E-state index in [9.17, 15) is 13.2 Å². The van der Waals surface area contributed by atoms with Gasteiger partial charge in [0.05, 0.1) is 33.8 Å². The van der Waals surface area contributed by atoms with Crippen LogP contribution in [0.4, 0.5) is 5.69 Å². The number of amides is 1. The van der Waals surface area contributed by atoms with Crippen molar-refractivity contribution in [3.05, 3.63) is 93.5 Å². The van der Waals surface area contributed by atoms with Crippen LogP contribution >= 0.6 is 23.2 Å². The second-order valence-corrected chi connectivity index (χ2v) is 11.5. The fraction of sp³-hybridized carbons (Fsp3) is 0.296. The highest BCUT2D eigenvalue weighted by Gasteiger charge is 2.29. The molecule has 0 saturated carbocycles. The molecule has 0 atom stereocenters. The minimum Gasteiger partial charge on any atom is -0.379 e. The normalized spacial score (nSPS) is 14.4. The van der Waals surface area contributed by atoms with E-state index in [2.05, 4.69) is 10.2 Å². The third kappa shape index (κ3) is 7.03. The van der Waals surface area contributed by atoms with Crippen LogP contribution in [0.15, 0.2) is 71.6 Å². The second-order valence-electron chi connectivity index (χ2n) is 8.88. The van der Waals surface area contributed by atoms with Crippen molar-refractivity contribution in [3.63, 3.8) is 0 Å².